The van der Waals surface area contributed by atoms with Crippen LogP contribution < -0.4 is 10.5 Å². The van der Waals surface area contributed by atoms with Gasteiger partial charge in [0.1, 0.15) is 11.9 Å². The molecule has 1 N–H and O–H groups in total. The minimum absolute atomic E-state index is 0. The van der Waals surface area contributed by atoms with Crippen LogP contribution in [0.4, 0.5) is 5.69 Å². The number of aliphatic hydroxyl groups is 1. The Morgan fingerprint density at radius 3 is 2.51 bits per heavy atom. The van der Waals surface area contributed by atoms with Crippen molar-refractivity contribution in [3.8, 4) is 0 Å². The first-order valence-electron chi connectivity index (χ1n) is 13.0. The Hall–Kier alpha value is -2.32. The summed E-state index contributed by atoms with van der Waals surface area (Å²) in [5, 5.41) is 10.2. The molecular formula is C29H37ClN4O2S. The molecule has 3 heterocycles. The highest BCUT2D eigenvalue weighted by atomic mass is 35.5. The summed E-state index contributed by atoms with van der Waals surface area (Å²) >= 11 is 1.85. The van der Waals surface area contributed by atoms with Gasteiger partial charge in [-0.25, -0.2) is 4.98 Å². The van der Waals surface area contributed by atoms with Gasteiger partial charge in [-0.15, -0.1) is 12.4 Å². The summed E-state index contributed by atoms with van der Waals surface area (Å²) < 4.78 is 1.69. The molecule has 3 aromatic rings. The molecule has 0 saturated carbocycles. The highest BCUT2D eigenvalue weighted by molar-refractivity contribution is 7.99. The summed E-state index contributed by atoms with van der Waals surface area (Å²) in [6.45, 7) is 11.6. The van der Waals surface area contributed by atoms with Crippen LogP contribution in [0.5, 0.6) is 0 Å². The number of aromatic nitrogens is 2. The van der Waals surface area contributed by atoms with Crippen molar-refractivity contribution in [2.45, 2.75) is 62.5 Å². The molecule has 1 atom stereocenters. The summed E-state index contributed by atoms with van der Waals surface area (Å²) in [7, 11) is 0. The van der Waals surface area contributed by atoms with Crippen molar-refractivity contribution >= 4 is 29.9 Å². The van der Waals surface area contributed by atoms with Gasteiger partial charge in [-0.05, 0) is 63.8 Å². The number of para-hydroxylation sites is 1. The van der Waals surface area contributed by atoms with E-state index in [1.165, 1.54) is 26.6 Å². The molecule has 1 aromatic heterocycles. The monoisotopic (exact) mass is 540 g/mol. The molecule has 0 aliphatic carbocycles. The van der Waals surface area contributed by atoms with Crippen LogP contribution in [0.15, 0.2) is 57.1 Å². The molecule has 2 aliphatic rings. The highest BCUT2D eigenvalue weighted by Crippen LogP contribution is 2.37. The second-order valence-electron chi connectivity index (χ2n) is 10.1. The Morgan fingerprint density at radius 1 is 1.00 bits per heavy atom. The molecule has 0 bridgehead atoms. The maximum atomic E-state index is 13.1. The molecule has 0 radical (unpaired) electrons. The molecule has 2 aromatic carbocycles. The van der Waals surface area contributed by atoms with Crippen molar-refractivity contribution < 1.29 is 5.11 Å². The molecule has 1 unspecified atom stereocenters. The topological polar surface area (TPSA) is 61.6 Å². The fourth-order valence-electron chi connectivity index (χ4n) is 5.37. The molecule has 0 amide bonds. The standard InChI is InChI=1S/C29H36N4O2S.ClH/c1-20-10-11-26(21(2)19-20)36-27-9-5-4-7-24(27)32-17-15-31(16-18-32)14-12-23-22(3)30-28-25(34)8-6-13-33(28)29(23)35;/h4-5,7,9-11,19,25,34H,6,8,12-18H2,1-3H3;1H. The Labute approximate surface area is 230 Å². The first kappa shape index (κ1) is 27.7. The maximum Gasteiger partial charge on any atom is 0.257 e. The van der Waals surface area contributed by atoms with Gasteiger partial charge in [0.2, 0.25) is 0 Å². The first-order valence-corrected chi connectivity index (χ1v) is 13.8. The lowest BCUT2D eigenvalue weighted by molar-refractivity contribution is 0.129. The van der Waals surface area contributed by atoms with Crippen LogP contribution >= 0.6 is 24.2 Å². The second-order valence-corrected chi connectivity index (χ2v) is 11.1. The average molecular weight is 541 g/mol. The van der Waals surface area contributed by atoms with Crippen molar-refractivity contribution in [2.75, 3.05) is 37.6 Å². The third-order valence-electron chi connectivity index (χ3n) is 7.46. The van der Waals surface area contributed by atoms with Crippen LogP contribution in [0.1, 0.15) is 47.2 Å². The number of benzene rings is 2. The number of aliphatic hydroxyl groups excluding tert-OH is 1. The van der Waals surface area contributed by atoms with Crippen molar-refractivity contribution in [3.63, 3.8) is 0 Å². The minimum Gasteiger partial charge on any atom is -0.385 e. The lowest BCUT2D eigenvalue weighted by Gasteiger charge is -2.37. The van der Waals surface area contributed by atoms with E-state index in [0.29, 0.717) is 25.2 Å². The molecule has 8 heteroatoms. The highest BCUT2D eigenvalue weighted by Gasteiger charge is 2.24. The zero-order chi connectivity index (χ0) is 25.2. The van der Waals surface area contributed by atoms with Crippen LogP contribution in [0, 0.1) is 20.8 Å². The maximum absolute atomic E-state index is 13.1. The minimum atomic E-state index is -0.622. The Kier molecular flexibility index (Phi) is 9.01. The Bertz CT molecular complexity index is 1300. The molecule has 1 saturated heterocycles. The number of rotatable bonds is 6. The van der Waals surface area contributed by atoms with Gasteiger partial charge < -0.3 is 10.0 Å². The van der Waals surface area contributed by atoms with E-state index in [2.05, 4.69) is 71.1 Å². The van der Waals surface area contributed by atoms with Crippen molar-refractivity contribution in [3.05, 3.63) is 81.0 Å². The van der Waals surface area contributed by atoms with E-state index in [9.17, 15) is 9.90 Å². The molecular weight excluding hydrogens is 504 g/mol. The number of nitrogens with zero attached hydrogens (tertiary/aromatic N) is 4. The molecule has 1 fully saturated rings. The molecule has 0 spiro atoms. The van der Waals surface area contributed by atoms with Gasteiger partial charge in [0.15, 0.2) is 0 Å². The summed E-state index contributed by atoms with van der Waals surface area (Å²) in [6, 6.07) is 15.4. The van der Waals surface area contributed by atoms with Crippen LogP contribution in [0.2, 0.25) is 0 Å². The summed E-state index contributed by atoms with van der Waals surface area (Å²) in [5.41, 5.74) is 5.51. The van der Waals surface area contributed by atoms with E-state index >= 15 is 0 Å². The fraction of sp³-hybridized carbons (Fsp3) is 0.448. The zero-order valence-corrected chi connectivity index (χ0v) is 23.6. The van der Waals surface area contributed by atoms with E-state index in [1.54, 1.807) is 4.57 Å². The van der Waals surface area contributed by atoms with Gasteiger partial charge in [0, 0.05) is 60.3 Å². The van der Waals surface area contributed by atoms with Gasteiger partial charge in [-0.1, -0.05) is 41.6 Å². The predicted molar refractivity (Wildman–Crippen MR) is 154 cm³/mol. The molecule has 6 nitrogen and oxygen atoms in total. The van der Waals surface area contributed by atoms with Gasteiger partial charge in [0.25, 0.3) is 5.56 Å². The summed E-state index contributed by atoms with van der Waals surface area (Å²) in [5.74, 6) is 0.540. The SMILES string of the molecule is Cc1ccc(Sc2ccccc2N2CCN(CCc3c(C)nc4n(c3=O)CCCC4O)CC2)c(C)c1.Cl. The smallest absolute Gasteiger partial charge is 0.257 e. The summed E-state index contributed by atoms with van der Waals surface area (Å²) in [4.78, 5) is 25.3. The number of halogens is 1. The molecule has 198 valence electrons. The van der Waals surface area contributed by atoms with Crippen LogP contribution in [0.25, 0.3) is 0 Å². The second kappa shape index (κ2) is 12.0. The number of fused-ring (bicyclic) bond motifs is 1. The number of piperazine rings is 1. The van der Waals surface area contributed by atoms with E-state index in [0.717, 1.165) is 50.4 Å². The van der Waals surface area contributed by atoms with E-state index < -0.39 is 6.10 Å². The first-order chi connectivity index (χ1) is 17.4. The van der Waals surface area contributed by atoms with Crippen molar-refractivity contribution in [2.24, 2.45) is 0 Å². The van der Waals surface area contributed by atoms with Crippen LogP contribution in [-0.2, 0) is 13.0 Å². The predicted octanol–water partition coefficient (Wildman–Crippen LogP) is 4.93. The average Bonchev–Trinajstić information content (AvgIpc) is 2.87. The van der Waals surface area contributed by atoms with Crippen molar-refractivity contribution in [1.82, 2.24) is 14.5 Å². The Balaban J connectivity index is 0.00000320. The fourth-order valence-corrected chi connectivity index (χ4v) is 6.41. The number of anilines is 1. The van der Waals surface area contributed by atoms with Gasteiger partial charge >= 0.3 is 0 Å². The van der Waals surface area contributed by atoms with Gasteiger partial charge in [-0.2, -0.15) is 0 Å². The quantitative estimate of drug-likeness (QED) is 0.478. The van der Waals surface area contributed by atoms with Crippen LogP contribution in [0.3, 0.4) is 0 Å². The van der Waals surface area contributed by atoms with Gasteiger partial charge in [0.05, 0.1) is 5.69 Å². The van der Waals surface area contributed by atoms with Gasteiger partial charge in [-0.3, -0.25) is 14.3 Å². The molecule has 5 rings (SSSR count). The molecule has 37 heavy (non-hydrogen) atoms. The largest absolute Gasteiger partial charge is 0.385 e. The molecule has 2 aliphatic heterocycles. The van der Waals surface area contributed by atoms with Crippen molar-refractivity contribution in [1.29, 1.82) is 0 Å². The van der Waals surface area contributed by atoms with Crippen LogP contribution in [-0.4, -0.2) is 52.3 Å². The number of hydrogen-bond acceptors (Lipinski definition) is 6. The Morgan fingerprint density at radius 2 is 1.76 bits per heavy atom. The third-order valence-corrected chi connectivity index (χ3v) is 8.71. The van der Waals surface area contributed by atoms with E-state index in [4.69, 9.17) is 0 Å². The lowest BCUT2D eigenvalue weighted by Crippen LogP contribution is -2.47. The normalized spacial score (nSPS) is 17.8. The third kappa shape index (κ3) is 6.06. The number of aryl methyl sites for hydroxylation is 3. The van der Waals surface area contributed by atoms with E-state index in [-0.39, 0.29) is 18.0 Å². The lowest BCUT2D eigenvalue weighted by atomic mass is 10.1. The zero-order valence-electron chi connectivity index (χ0n) is 21.9. The number of hydrogen-bond donors (Lipinski definition) is 1. The van der Waals surface area contributed by atoms with E-state index in [1.807, 2.05) is 18.7 Å². The summed E-state index contributed by atoms with van der Waals surface area (Å²) in [6.07, 6.45) is 1.58.